The number of rotatable bonds is 3. The van der Waals surface area contributed by atoms with Gasteiger partial charge in [0.1, 0.15) is 0 Å². The molecule has 16 heavy (non-hydrogen) atoms. The highest BCUT2D eigenvalue weighted by Gasteiger charge is 2.38. The third kappa shape index (κ3) is 12.4. The zero-order chi connectivity index (χ0) is 13.4. The van der Waals surface area contributed by atoms with Gasteiger partial charge in [-0.3, -0.25) is 0 Å². The van der Waals surface area contributed by atoms with Crippen LogP contribution in [-0.4, -0.2) is 41.4 Å². The number of carboxylic acids is 2. The van der Waals surface area contributed by atoms with E-state index in [9.17, 15) is 18.0 Å². The number of hydrogen-bond acceptors (Lipinski definition) is 3. The largest absolute Gasteiger partial charge is 0.490 e. The third-order valence-corrected chi connectivity index (χ3v) is 1.23. The maximum Gasteiger partial charge on any atom is 0.490 e. The smallest absolute Gasteiger partial charge is 0.478 e. The molecule has 0 amide bonds. The summed E-state index contributed by atoms with van der Waals surface area (Å²) in [6, 6.07) is 0.126. The molecule has 0 aromatic rings. The lowest BCUT2D eigenvalue weighted by molar-refractivity contribution is -0.192. The molecule has 0 aliphatic carbocycles. The van der Waals surface area contributed by atoms with Crippen LogP contribution < -0.4 is 5.32 Å². The van der Waals surface area contributed by atoms with Gasteiger partial charge in [0.25, 0.3) is 0 Å². The van der Waals surface area contributed by atoms with Crippen LogP contribution in [0.25, 0.3) is 0 Å². The zero-order valence-corrected chi connectivity index (χ0v) is 8.58. The van der Waals surface area contributed by atoms with E-state index >= 15 is 0 Å². The van der Waals surface area contributed by atoms with Gasteiger partial charge in [-0.05, 0) is 14.0 Å². The SMILES string of the molecule is CNC(C)/C=C/C(=O)O.O=C(O)C(F)(F)F. The molecule has 1 unspecified atom stereocenters. The quantitative estimate of drug-likeness (QED) is 0.640. The number of nitrogens with one attached hydrogen (secondary N) is 1. The first kappa shape index (κ1) is 16.8. The van der Waals surface area contributed by atoms with Gasteiger partial charge in [0.15, 0.2) is 0 Å². The highest BCUT2D eigenvalue weighted by atomic mass is 19.4. The summed E-state index contributed by atoms with van der Waals surface area (Å²) in [6.07, 6.45) is -2.37. The molecular formula is C8H12F3NO4. The molecule has 0 bridgehead atoms. The Morgan fingerprint density at radius 3 is 1.88 bits per heavy atom. The Labute approximate surface area is 89.6 Å². The molecule has 0 aromatic carbocycles. The standard InChI is InChI=1S/C6H11NO2.C2HF3O2/c1-5(7-2)3-4-6(8)9;3-2(4,5)1(6)7/h3-5,7H,1-2H3,(H,8,9);(H,6,7)/b4-3+;. The van der Waals surface area contributed by atoms with Crippen molar-refractivity contribution in [3.63, 3.8) is 0 Å². The second-order valence-electron chi connectivity index (χ2n) is 2.58. The van der Waals surface area contributed by atoms with Crippen molar-refractivity contribution in [2.75, 3.05) is 7.05 Å². The molecule has 0 rings (SSSR count). The summed E-state index contributed by atoms with van der Waals surface area (Å²) in [5.41, 5.74) is 0. The normalized spacial score (nSPS) is 12.8. The maximum atomic E-state index is 10.6. The van der Waals surface area contributed by atoms with E-state index in [2.05, 4.69) is 5.32 Å². The van der Waals surface area contributed by atoms with Crippen LogP contribution in [0.4, 0.5) is 13.2 Å². The zero-order valence-electron chi connectivity index (χ0n) is 8.58. The molecule has 5 nitrogen and oxygen atoms in total. The predicted octanol–water partition coefficient (Wildman–Crippen LogP) is 0.868. The first-order valence-corrected chi connectivity index (χ1v) is 3.99. The van der Waals surface area contributed by atoms with Gasteiger partial charge >= 0.3 is 18.1 Å². The van der Waals surface area contributed by atoms with Crippen LogP contribution in [-0.2, 0) is 9.59 Å². The lowest BCUT2D eigenvalue weighted by atomic mass is 10.3. The summed E-state index contributed by atoms with van der Waals surface area (Å²) in [4.78, 5) is 18.8. The fourth-order valence-corrected chi connectivity index (χ4v) is 0.323. The topological polar surface area (TPSA) is 86.6 Å². The minimum absolute atomic E-state index is 0.126. The van der Waals surface area contributed by atoms with E-state index in [-0.39, 0.29) is 6.04 Å². The van der Waals surface area contributed by atoms with Gasteiger partial charge in [-0.1, -0.05) is 6.08 Å². The predicted molar refractivity (Wildman–Crippen MR) is 49.0 cm³/mol. The van der Waals surface area contributed by atoms with Crippen molar-refractivity contribution in [1.82, 2.24) is 5.32 Å². The first-order chi connectivity index (χ1) is 7.11. The number of likely N-dealkylation sites (N-methyl/N-ethyl adjacent to an activating group) is 1. The van der Waals surface area contributed by atoms with Crippen molar-refractivity contribution in [2.24, 2.45) is 0 Å². The first-order valence-electron chi connectivity index (χ1n) is 3.99. The summed E-state index contributed by atoms with van der Waals surface area (Å²) in [5, 5.41) is 18.1. The van der Waals surface area contributed by atoms with Crippen molar-refractivity contribution >= 4 is 11.9 Å². The van der Waals surface area contributed by atoms with Gasteiger partial charge in [0.05, 0.1) is 0 Å². The van der Waals surface area contributed by atoms with Gasteiger partial charge in [0.2, 0.25) is 0 Å². The molecule has 0 fully saturated rings. The van der Waals surface area contributed by atoms with Crippen molar-refractivity contribution in [3.8, 4) is 0 Å². The van der Waals surface area contributed by atoms with Crippen LogP contribution in [0.15, 0.2) is 12.2 Å². The summed E-state index contributed by atoms with van der Waals surface area (Å²) in [5.74, 6) is -3.66. The van der Waals surface area contributed by atoms with Crippen LogP contribution in [0.2, 0.25) is 0 Å². The molecular weight excluding hydrogens is 231 g/mol. The molecule has 1 atom stereocenters. The molecule has 0 aliphatic rings. The number of carboxylic acid groups (broad SMARTS) is 2. The van der Waals surface area contributed by atoms with E-state index in [1.165, 1.54) is 0 Å². The van der Waals surface area contributed by atoms with Gasteiger partial charge in [-0.15, -0.1) is 0 Å². The maximum absolute atomic E-state index is 10.6. The highest BCUT2D eigenvalue weighted by molar-refractivity contribution is 5.79. The second-order valence-corrected chi connectivity index (χ2v) is 2.58. The lowest BCUT2D eigenvalue weighted by Gasteiger charge is -1.99. The molecule has 0 aliphatic heterocycles. The molecule has 0 heterocycles. The van der Waals surface area contributed by atoms with E-state index in [0.29, 0.717) is 0 Å². The Morgan fingerprint density at radius 1 is 1.31 bits per heavy atom. The fourth-order valence-electron chi connectivity index (χ4n) is 0.323. The number of alkyl halides is 3. The van der Waals surface area contributed by atoms with Crippen molar-refractivity contribution in [2.45, 2.75) is 19.1 Å². The van der Waals surface area contributed by atoms with E-state index < -0.39 is 18.1 Å². The molecule has 8 heteroatoms. The Morgan fingerprint density at radius 2 is 1.69 bits per heavy atom. The van der Waals surface area contributed by atoms with Crippen molar-refractivity contribution < 1.29 is 33.0 Å². The molecule has 0 radical (unpaired) electrons. The summed E-state index contributed by atoms with van der Waals surface area (Å²) >= 11 is 0. The van der Waals surface area contributed by atoms with Gasteiger partial charge in [-0.2, -0.15) is 13.2 Å². The summed E-state index contributed by atoms with van der Waals surface area (Å²) in [6.45, 7) is 1.87. The van der Waals surface area contributed by atoms with Crippen LogP contribution in [0.1, 0.15) is 6.92 Å². The average molecular weight is 243 g/mol. The summed E-state index contributed by atoms with van der Waals surface area (Å²) in [7, 11) is 1.77. The Bertz CT molecular complexity index is 262. The van der Waals surface area contributed by atoms with E-state index in [1.54, 1.807) is 13.1 Å². The lowest BCUT2D eigenvalue weighted by Crippen LogP contribution is -2.21. The molecule has 94 valence electrons. The monoisotopic (exact) mass is 243 g/mol. The van der Waals surface area contributed by atoms with Gasteiger partial charge in [-0.25, -0.2) is 9.59 Å². The van der Waals surface area contributed by atoms with Crippen LogP contribution in [0, 0.1) is 0 Å². The Balaban J connectivity index is 0. The Kier molecular flexibility index (Phi) is 8.09. The number of carbonyl (C=O) groups is 2. The average Bonchev–Trinajstić information content (AvgIpc) is 2.13. The van der Waals surface area contributed by atoms with Gasteiger partial charge < -0.3 is 15.5 Å². The molecule has 0 spiro atoms. The van der Waals surface area contributed by atoms with E-state index in [0.717, 1.165) is 6.08 Å². The van der Waals surface area contributed by atoms with Crippen LogP contribution >= 0.6 is 0 Å². The minimum Gasteiger partial charge on any atom is -0.478 e. The highest BCUT2D eigenvalue weighted by Crippen LogP contribution is 2.13. The molecule has 3 N–H and O–H groups in total. The molecule has 0 saturated carbocycles. The van der Waals surface area contributed by atoms with Crippen molar-refractivity contribution in [3.05, 3.63) is 12.2 Å². The van der Waals surface area contributed by atoms with E-state index in [1.807, 2.05) is 6.92 Å². The molecule has 0 saturated heterocycles. The Hall–Kier alpha value is -1.57. The van der Waals surface area contributed by atoms with Crippen molar-refractivity contribution in [1.29, 1.82) is 0 Å². The van der Waals surface area contributed by atoms with Gasteiger partial charge in [0, 0.05) is 12.1 Å². The summed E-state index contributed by atoms with van der Waals surface area (Å²) < 4.78 is 31.7. The number of hydrogen-bond donors (Lipinski definition) is 3. The molecule has 0 aromatic heterocycles. The van der Waals surface area contributed by atoms with E-state index in [4.69, 9.17) is 15.0 Å². The fraction of sp³-hybridized carbons (Fsp3) is 0.500. The number of aliphatic carboxylic acids is 2. The third-order valence-electron chi connectivity index (χ3n) is 1.23. The van der Waals surface area contributed by atoms with Crippen LogP contribution in [0.5, 0.6) is 0 Å². The van der Waals surface area contributed by atoms with Crippen LogP contribution in [0.3, 0.4) is 0 Å². The second kappa shape index (κ2) is 7.69. The number of halogens is 3. The minimum atomic E-state index is -5.08.